The second-order valence-electron chi connectivity index (χ2n) is 6.18. The maximum absolute atomic E-state index is 12.9. The smallest absolute Gasteiger partial charge is 0.391 e. The van der Waals surface area contributed by atoms with Gasteiger partial charge in [-0.1, -0.05) is 17.7 Å². The van der Waals surface area contributed by atoms with Gasteiger partial charge in [0.2, 0.25) is 5.91 Å². The number of nitrogens with zero attached hydrogens (tertiary/aromatic N) is 1. The topological polar surface area (TPSA) is 40.5 Å². The van der Waals surface area contributed by atoms with E-state index in [0.29, 0.717) is 5.56 Å². The van der Waals surface area contributed by atoms with Crippen molar-refractivity contribution in [3.63, 3.8) is 0 Å². The molecule has 0 spiro atoms. The molecule has 1 saturated heterocycles. The van der Waals surface area contributed by atoms with Gasteiger partial charge in [0.15, 0.2) is 0 Å². The number of β-amino-alcohol motifs (C(OH)–C–C–N with tert-alkyl or cyclic N) is 1. The molecule has 1 aliphatic heterocycles. The second kappa shape index (κ2) is 6.00. The predicted molar refractivity (Wildman–Crippen MR) is 78.5 cm³/mol. The molecule has 3 nitrogen and oxygen atoms in total. The van der Waals surface area contributed by atoms with Gasteiger partial charge in [-0.25, -0.2) is 0 Å². The number of benzene rings is 1. The van der Waals surface area contributed by atoms with Crippen LogP contribution >= 0.6 is 0 Å². The first-order valence-corrected chi connectivity index (χ1v) is 7.70. The highest BCUT2D eigenvalue weighted by Gasteiger charge is 2.37. The Labute approximate surface area is 132 Å². The van der Waals surface area contributed by atoms with Gasteiger partial charge in [-0.15, -0.1) is 0 Å². The van der Waals surface area contributed by atoms with E-state index in [9.17, 15) is 23.1 Å². The van der Waals surface area contributed by atoms with Crippen molar-refractivity contribution >= 4 is 5.91 Å². The van der Waals surface area contributed by atoms with Gasteiger partial charge in [-0.3, -0.25) is 4.79 Å². The number of carbonyl (C=O) groups excluding carboxylic acids is 1. The largest absolute Gasteiger partial charge is 0.416 e. The highest BCUT2D eigenvalue weighted by atomic mass is 19.4. The van der Waals surface area contributed by atoms with Crippen LogP contribution in [0.4, 0.5) is 13.2 Å². The van der Waals surface area contributed by atoms with Crippen LogP contribution in [0.5, 0.6) is 0 Å². The van der Waals surface area contributed by atoms with E-state index in [1.54, 1.807) is 12.1 Å². The van der Waals surface area contributed by atoms with Crippen molar-refractivity contribution in [2.45, 2.75) is 44.0 Å². The fraction of sp³-hybridized carbons (Fsp3) is 0.471. The summed E-state index contributed by atoms with van der Waals surface area (Å²) in [6, 6.07) is 4.48. The average Bonchev–Trinajstić information content (AvgIpc) is 2.84. The molecule has 23 heavy (non-hydrogen) atoms. The van der Waals surface area contributed by atoms with Gasteiger partial charge in [0.1, 0.15) is 0 Å². The molecule has 3 rings (SSSR count). The molecule has 124 valence electrons. The first-order valence-electron chi connectivity index (χ1n) is 7.70. The summed E-state index contributed by atoms with van der Waals surface area (Å²) in [4.78, 5) is 13.9. The van der Waals surface area contributed by atoms with Gasteiger partial charge < -0.3 is 10.0 Å². The number of rotatable bonds is 2. The summed E-state index contributed by atoms with van der Waals surface area (Å²) in [6.07, 6.45) is -0.432. The van der Waals surface area contributed by atoms with Gasteiger partial charge in [0, 0.05) is 12.6 Å². The molecule has 1 amide bonds. The number of aliphatic hydroxyl groups excluding tert-OH is 1. The lowest BCUT2D eigenvalue weighted by molar-refractivity contribution is -0.137. The van der Waals surface area contributed by atoms with Gasteiger partial charge in [-0.2, -0.15) is 13.2 Å². The molecule has 1 heterocycles. The molecule has 0 radical (unpaired) electrons. The highest BCUT2D eigenvalue weighted by Crippen LogP contribution is 2.36. The Morgan fingerprint density at radius 3 is 2.65 bits per heavy atom. The van der Waals surface area contributed by atoms with E-state index in [4.69, 9.17) is 0 Å². The number of alkyl halides is 3. The van der Waals surface area contributed by atoms with E-state index in [2.05, 4.69) is 0 Å². The lowest BCUT2D eigenvalue weighted by Gasteiger charge is -2.25. The molecule has 2 aliphatic rings. The second-order valence-corrected chi connectivity index (χ2v) is 6.18. The molecule has 2 fully saturated rings. The molecule has 0 bridgehead atoms. The van der Waals surface area contributed by atoms with E-state index in [1.807, 2.05) is 0 Å². The first kappa shape index (κ1) is 16.1. The third kappa shape index (κ3) is 3.42. The zero-order valence-corrected chi connectivity index (χ0v) is 12.5. The summed E-state index contributed by atoms with van der Waals surface area (Å²) in [5, 5.41) is 9.88. The fourth-order valence-corrected chi connectivity index (χ4v) is 3.08. The summed E-state index contributed by atoms with van der Waals surface area (Å²) in [6.45, 7) is 0.156. The number of likely N-dealkylation sites (tertiary alicyclic amines) is 1. The van der Waals surface area contributed by atoms with Crippen molar-refractivity contribution < 1.29 is 23.1 Å². The Kier molecular flexibility index (Phi) is 4.19. The van der Waals surface area contributed by atoms with Gasteiger partial charge in [0.25, 0.3) is 0 Å². The summed E-state index contributed by atoms with van der Waals surface area (Å²) in [7, 11) is 0. The van der Waals surface area contributed by atoms with Crippen LogP contribution in [0, 0.1) is 0 Å². The SMILES string of the molecule is O=C(C=C1CCC1)N1C[C@H](O)C[C@@H]1c1cccc(C(F)(F)F)c1. The Morgan fingerprint density at radius 2 is 2.04 bits per heavy atom. The molecular weight excluding hydrogens is 307 g/mol. The molecule has 6 heteroatoms. The van der Waals surface area contributed by atoms with Crippen molar-refractivity contribution in [2.75, 3.05) is 6.54 Å². The minimum absolute atomic E-state index is 0.156. The monoisotopic (exact) mass is 325 g/mol. The van der Waals surface area contributed by atoms with Crippen molar-refractivity contribution in [2.24, 2.45) is 0 Å². The van der Waals surface area contributed by atoms with Crippen LogP contribution in [0.1, 0.15) is 42.9 Å². The highest BCUT2D eigenvalue weighted by molar-refractivity contribution is 5.89. The maximum atomic E-state index is 12.9. The Bertz CT molecular complexity index is 633. The van der Waals surface area contributed by atoms with Gasteiger partial charge in [-0.05, 0) is 43.4 Å². The molecule has 1 aromatic rings. The summed E-state index contributed by atoms with van der Waals surface area (Å²) >= 11 is 0. The molecule has 0 unspecified atom stereocenters. The third-order valence-electron chi connectivity index (χ3n) is 4.48. The quantitative estimate of drug-likeness (QED) is 0.846. The normalized spacial score (nSPS) is 24.5. The first-order chi connectivity index (χ1) is 10.8. The zero-order valence-electron chi connectivity index (χ0n) is 12.5. The number of aliphatic hydroxyl groups is 1. The van der Waals surface area contributed by atoms with Crippen LogP contribution in [0.15, 0.2) is 35.9 Å². The number of halogens is 3. The Hall–Kier alpha value is -1.82. The van der Waals surface area contributed by atoms with E-state index in [0.717, 1.165) is 37.0 Å². The van der Waals surface area contributed by atoms with Crippen LogP contribution in [0.2, 0.25) is 0 Å². The lowest BCUT2D eigenvalue weighted by atomic mass is 9.92. The number of carbonyl (C=O) groups is 1. The number of amides is 1. The van der Waals surface area contributed by atoms with Crippen LogP contribution < -0.4 is 0 Å². The van der Waals surface area contributed by atoms with Crippen molar-refractivity contribution in [3.8, 4) is 0 Å². The Morgan fingerprint density at radius 1 is 1.30 bits per heavy atom. The van der Waals surface area contributed by atoms with Crippen molar-refractivity contribution in [1.29, 1.82) is 0 Å². The van der Waals surface area contributed by atoms with Crippen LogP contribution in [0.3, 0.4) is 0 Å². The predicted octanol–water partition coefficient (Wildman–Crippen LogP) is 3.45. The van der Waals surface area contributed by atoms with Crippen molar-refractivity contribution in [3.05, 3.63) is 47.0 Å². The molecule has 1 aromatic carbocycles. The third-order valence-corrected chi connectivity index (χ3v) is 4.48. The molecule has 2 atom stereocenters. The standard InChI is InChI=1S/C17H18F3NO2/c18-17(19,20)13-6-2-5-12(8-13)15-9-14(22)10-21(15)16(23)7-11-3-1-4-11/h2,5-8,14-15,22H,1,3-4,9-10H2/t14-,15-/m1/s1. The minimum Gasteiger partial charge on any atom is -0.391 e. The summed E-state index contributed by atoms with van der Waals surface area (Å²) in [5.74, 6) is -0.223. The fourth-order valence-electron chi connectivity index (χ4n) is 3.08. The molecule has 1 N–H and O–H groups in total. The number of allylic oxidation sites excluding steroid dienone is 1. The molecule has 1 saturated carbocycles. The van der Waals surface area contributed by atoms with Crippen molar-refractivity contribution in [1.82, 2.24) is 4.90 Å². The van der Waals surface area contributed by atoms with E-state index in [-0.39, 0.29) is 18.9 Å². The van der Waals surface area contributed by atoms with E-state index in [1.165, 1.54) is 11.0 Å². The maximum Gasteiger partial charge on any atom is 0.416 e. The van der Waals surface area contributed by atoms with Gasteiger partial charge in [0.05, 0.1) is 17.7 Å². The lowest BCUT2D eigenvalue weighted by Crippen LogP contribution is -2.31. The van der Waals surface area contributed by atoms with Crippen LogP contribution in [0.25, 0.3) is 0 Å². The Balaban J connectivity index is 1.86. The summed E-state index contributed by atoms with van der Waals surface area (Å²) < 4.78 is 38.6. The van der Waals surface area contributed by atoms with E-state index >= 15 is 0 Å². The zero-order chi connectivity index (χ0) is 16.6. The molecule has 1 aliphatic carbocycles. The minimum atomic E-state index is -4.42. The molecular formula is C17H18F3NO2. The summed E-state index contributed by atoms with van der Waals surface area (Å²) in [5.41, 5.74) is 0.747. The number of hydrogen-bond donors (Lipinski definition) is 1. The molecule has 0 aromatic heterocycles. The van der Waals surface area contributed by atoms with E-state index < -0.39 is 23.9 Å². The number of hydrogen-bond acceptors (Lipinski definition) is 2. The average molecular weight is 325 g/mol. The van der Waals surface area contributed by atoms with Crippen LogP contribution in [-0.2, 0) is 11.0 Å². The van der Waals surface area contributed by atoms with Crippen LogP contribution in [-0.4, -0.2) is 28.6 Å². The van der Waals surface area contributed by atoms with Gasteiger partial charge >= 0.3 is 6.18 Å².